The maximum atomic E-state index is 9.43. The number of nitriles is 1. The monoisotopic (exact) mass is 575 g/mol. The van der Waals surface area contributed by atoms with E-state index < -0.39 is 0 Å². The number of hydrogen-bond acceptors (Lipinski definition) is 3. The van der Waals surface area contributed by atoms with Gasteiger partial charge in [0.2, 0.25) is 0 Å². The van der Waals surface area contributed by atoms with Crippen molar-refractivity contribution in [1.29, 1.82) is 5.26 Å². The largest absolute Gasteiger partial charge is 0.464 e. The van der Waals surface area contributed by atoms with E-state index in [0.717, 1.165) is 106 Å². The smallest absolute Gasteiger partial charge is 0.142 e. The molecular weight excluding hydrogens is 538 g/mol. The van der Waals surface area contributed by atoms with Gasteiger partial charge in [-0.2, -0.15) is 5.26 Å². The van der Waals surface area contributed by atoms with Crippen LogP contribution in [0.3, 0.4) is 0 Å². The molecule has 0 radical (unpaired) electrons. The van der Waals surface area contributed by atoms with Gasteiger partial charge in [0.25, 0.3) is 0 Å². The summed E-state index contributed by atoms with van der Waals surface area (Å²) in [5.74, 6) is 3.68. The lowest BCUT2D eigenvalue weighted by Gasteiger charge is -2.28. The zero-order chi connectivity index (χ0) is 29.2. The molecule has 44 heavy (non-hydrogen) atoms. The Morgan fingerprint density at radius 1 is 0.705 bits per heavy atom. The van der Waals surface area contributed by atoms with E-state index in [9.17, 15) is 5.26 Å². The molecule has 0 amide bonds. The molecule has 2 heterocycles. The highest BCUT2D eigenvalue weighted by atomic mass is 16.5. The summed E-state index contributed by atoms with van der Waals surface area (Å²) in [6.45, 7) is 0. The summed E-state index contributed by atoms with van der Waals surface area (Å²) in [4.78, 5) is 0. The van der Waals surface area contributed by atoms with Gasteiger partial charge < -0.3 is 9.15 Å². The van der Waals surface area contributed by atoms with Gasteiger partial charge >= 0.3 is 0 Å². The number of furan rings is 1. The number of rotatable bonds is 3. The maximum absolute atomic E-state index is 9.43. The lowest BCUT2D eigenvalue weighted by Crippen LogP contribution is -2.35. The third kappa shape index (κ3) is 4.22. The van der Waals surface area contributed by atoms with E-state index in [1.54, 1.807) is 0 Å². The lowest BCUT2D eigenvalue weighted by atomic mass is 9.76. The van der Waals surface area contributed by atoms with Gasteiger partial charge in [-0.05, 0) is 134 Å². The second kappa shape index (κ2) is 10.4. The molecule has 3 heteroatoms. The Hall–Kier alpha value is -4.29. The molecule has 8 aliphatic rings. The van der Waals surface area contributed by atoms with Crippen LogP contribution in [0.25, 0.3) is 17.4 Å². The molecular formula is C41H37NO2. The predicted molar refractivity (Wildman–Crippen MR) is 175 cm³/mol. The number of allylic oxidation sites excluding steroid dienone is 18. The summed E-state index contributed by atoms with van der Waals surface area (Å²) in [5, 5.41) is 10.7. The predicted octanol–water partition coefficient (Wildman–Crippen LogP) is 8.71. The Morgan fingerprint density at radius 2 is 1.45 bits per heavy atom. The standard InChI is InChI=1S/C41H37NO2/c42-24-25-7-5-8-26(19-25)27-9-6-10-28(20-27)29-15-16-31-22-32(18-17-30(31)21-29)35-23-36-33-11-1-3-13-37(33)43-41(36)39-34-12-2-4-14-38(34)44-40(35)39/h1,4,8-9,11,14,19-22,36H,2-3,5-7,10,12-13,15-18,23H2. The van der Waals surface area contributed by atoms with Crippen LogP contribution >= 0.6 is 0 Å². The van der Waals surface area contributed by atoms with Gasteiger partial charge in [0, 0.05) is 23.1 Å². The Kier molecular flexibility index (Phi) is 6.19. The summed E-state index contributed by atoms with van der Waals surface area (Å²) in [6.07, 6.45) is 36.8. The van der Waals surface area contributed by atoms with Crippen LogP contribution in [0.5, 0.6) is 0 Å². The van der Waals surface area contributed by atoms with E-state index in [2.05, 4.69) is 66.8 Å². The first-order valence-corrected chi connectivity index (χ1v) is 16.7. The molecule has 1 atom stereocenters. The summed E-state index contributed by atoms with van der Waals surface area (Å²) in [5.41, 5.74) is 16.2. The average molecular weight is 576 g/mol. The van der Waals surface area contributed by atoms with Crippen molar-refractivity contribution in [2.24, 2.45) is 5.92 Å². The van der Waals surface area contributed by atoms with Gasteiger partial charge in [0.15, 0.2) is 0 Å². The van der Waals surface area contributed by atoms with Gasteiger partial charge in [-0.25, -0.2) is 0 Å². The molecule has 9 rings (SSSR count). The maximum Gasteiger partial charge on any atom is 0.142 e. The van der Waals surface area contributed by atoms with E-state index >= 15 is 0 Å². The van der Waals surface area contributed by atoms with Gasteiger partial charge in [0.1, 0.15) is 22.7 Å². The van der Waals surface area contributed by atoms with Gasteiger partial charge in [-0.15, -0.1) is 0 Å². The SMILES string of the molecule is N#CC1=CC(C2=CCCC(C3=CC4=C(C=C(C5=c6oc7c(c6=C6OC8=C(C=CCC8)C6C5)CCC=C7)CC4)CC3)=C2)=CCC1. The first kappa shape index (κ1) is 26.1. The zero-order valence-corrected chi connectivity index (χ0v) is 25.3. The number of fused-ring (bicyclic) bond motifs is 5. The van der Waals surface area contributed by atoms with E-state index in [1.165, 1.54) is 66.7 Å². The molecule has 1 aromatic rings. The molecule has 0 N–H and O–H groups in total. The molecule has 7 aliphatic carbocycles. The van der Waals surface area contributed by atoms with Crippen molar-refractivity contribution in [3.63, 3.8) is 0 Å². The minimum atomic E-state index is 0.310. The minimum absolute atomic E-state index is 0.310. The van der Waals surface area contributed by atoms with E-state index in [-0.39, 0.29) is 0 Å². The molecule has 1 aromatic heterocycles. The van der Waals surface area contributed by atoms with Crippen LogP contribution in [0.15, 0.2) is 115 Å². The molecule has 0 aromatic carbocycles. The van der Waals surface area contributed by atoms with Crippen molar-refractivity contribution in [3.8, 4) is 6.07 Å². The van der Waals surface area contributed by atoms with E-state index in [1.807, 2.05) is 0 Å². The average Bonchev–Trinajstić information content (AvgIpc) is 3.66. The quantitative estimate of drug-likeness (QED) is 0.362. The molecule has 3 nitrogen and oxygen atoms in total. The van der Waals surface area contributed by atoms with Crippen molar-refractivity contribution in [2.45, 2.75) is 83.5 Å². The highest BCUT2D eigenvalue weighted by molar-refractivity contribution is 5.75. The lowest BCUT2D eigenvalue weighted by molar-refractivity contribution is 0.357. The molecule has 0 spiro atoms. The van der Waals surface area contributed by atoms with Crippen LogP contribution in [0.1, 0.15) is 88.4 Å². The molecule has 0 fully saturated rings. The molecule has 0 bridgehead atoms. The van der Waals surface area contributed by atoms with Crippen molar-refractivity contribution in [2.75, 3.05) is 0 Å². The van der Waals surface area contributed by atoms with Crippen LogP contribution in [-0.2, 0) is 11.2 Å². The summed E-state index contributed by atoms with van der Waals surface area (Å²) >= 11 is 0. The van der Waals surface area contributed by atoms with Crippen molar-refractivity contribution in [3.05, 3.63) is 133 Å². The Labute approximate surface area is 259 Å². The van der Waals surface area contributed by atoms with E-state index in [0.29, 0.717) is 5.92 Å². The van der Waals surface area contributed by atoms with Crippen LogP contribution in [-0.4, -0.2) is 0 Å². The fourth-order valence-electron chi connectivity index (χ4n) is 8.58. The normalized spacial score (nSPS) is 25.3. The van der Waals surface area contributed by atoms with Crippen LogP contribution < -0.4 is 10.6 Å². The number of ether oxygens (including phenoxy) is 1. The van der Waals surface area contributed by atoms with E-state index in [4.69, 9.17) is 9.15 Å². The molecule has 0 saturated heterocycles. The van der Waals surface area contributed by atoms with Gasteiger partial charge in [0.05, 0.1) is 17.2 Å². The third-order valence-corrected chi connectivity index (χ3v) is 10.8. The minimum Gasteiger partial charge on any atom is -0.464 e. The zero-order valence-electron chi connectivity index (χ0n) is 25.3. The highest BCUT2D eigenvalue weighted by Gasteiger charge is 2.39. The first-order valence-electron chi connectivity index (χ1n) is 16.7. The van der Waals surface area contributed by atoms with Gasteiger partial charge in [-0.3, -0.25) is 0 Å². The number of hydrogen-bond donors (Lipinski definition) is 0. The number of nitrogens with zero attached hydrogens (tertiary/aromatic N) is 1. The second-order valence-corrected chi connectivity index (χ2v) is 13.3. The molecule has 1 aliphatic heterocycles. The highest BCUT2D eigenvalue weighted by Crippen LogP contribution is 2.47. The fraction of sp³-hybridized carbons (Fsp3) is 0.341. The van der Waals surface area contributed by atoms with Gasteiger partial charge in [-0.1, -0.05) is 48.6 Å². The second-order valence-electron chi connectivity index (χ2n) is 13.3. The van der Waals surface area contributed by atoms with Crippen molar-refractivity contribution >= 4 is 17.4 Å². The Balaban J connectivity index is 1.08. The van der Waals surface area contributed by atoms with Crippen molar-refractivity contribution in [1.82, 2.24) is 0 Å². The third-order valence-electron chi connectivity index (χ3n) is 10.8. The molecule has 0 saturated carbocycles. The Bertz CT molecular complexity index is 2010. The molecule has 1 unspecified atom stereocenters. The van der Waals surface area contributed by atoms with Crippen LogP contribution in [0.4, 0.5) is 0 Å². The summed E-state index contributed by atoms with van der Waals surface area (Å²) < 4.78 is 13.3. The first-order chi connectivity index (χ1) is 21.7. The fourth-order valence-corrected chi connectivity index (χ4v) is 8.58. The van der Waals surface area contributed by atoms with Crippen molar-refractivity contribution < 1.29 is 9.15 Å². The summed E-state index contributed by atoms with van der Waals surface area (Å²) in [7, 11) is 0. The van der Waals surface area contributed by atoms with Crippen LogP contribution in [0.2, 0.25) is 0 Å². The summed E-state index contributed by atoms with van der Waals surface area (Å²) in [6, 6.07) is 2.37. The topological polar surface area (TPSA) is 46.2 Å². The van der Waals surface area contributed by atoms with Crippen LogP contribution in [0, 0.1) is 17.2 Å². The Morgan fingerprint density at radius 3 is 2.34 bits per heavy atom. The molecule has 218 valence electrons.